The highest BCUT2D eigenvalue weighted by Crippen LogP contribution is 2.70. The van der Waals surface area contributed by atoms with Gasteiger partial charge >= 0.3 is 0 Å². The number of benzene rings is 9. The largest absolute Gasteiger partial charge is 0.310 e. The smallest absolute Gasteiger partial charge is 0.0726 e. The molecule has 7 aliphatic rings. The van der Waals surface area contributed by atoms with Crippen LogP contribution in [0.2, 0.25) is 0 Å². The van der Waals surface area contributed by atoms with Gasteiger partial charge in [-0.15, -0.1) is 0 Å². The molecule has 7 aliphatic carbocycles. The minimum atomic E-state index is -0.436. The van der Waals surface area contributed by atoms with Crippen LogP contribution in [0.1, 0.15) is 65.5 Å². The summed E-state index contributed by atoms with van der Waals surface area (Å²) in [5.74, 6) is 3.25. The summed E-state index contributed by atoms with van der Waals surface area (Å²) in [5.41, 5.74) is 25.1. The standard InChI is InChI=1S/C65H49N/c1-2-15-43(16-3-1)44-29-31-47(32-30-44)66(48-33-34-52-51-19-6-11-25-58(51)65(61(52)40-48)56-23-9-4-17-49(56)50-18-5-10-24-57(50)65)62-28-13-8-20-53(62)54-22-14-27-60-63(54)55-21-7-12-26-59(55)64(60)45-36-41-35-42(38-45)39-46(64)37-41/h1-34,40-42,45-46H,35-39H2. The van der Waals surface area contributed by atoms with Crippen molar-refractivity contribution in [1.82, 2.24) is 0 Å². The Hall–Kier alpha value is -7.22. The van der Waals surface area contributed by atoms with Crippen molar-refractivity contribution in [1.29, 1.82) is 0 Å². The van der Waals surface area contributed by atoms with Gasteiger partial charge in [0.1, 0.15) is 0 Å². The number of hydrogen-bond acceptors (Lipinski definition) is 1. The first-order valence-corrected chi connectivity index (χ1v) is 24.4. The van der Waals surface area contributed by atoms with Gasteiger partial charge in [0.25, 0.3) is 0 Å². The van der Waals surface area contributed by atoms with Crippen LogP contribution in [0.3, 0.4) is 0 Å². The molecule has 2 spiro atoms. The monoisotopic (exact) mass is 843 g/mol. The molecule has 314 valence electrons. The number of nitrogens with zero attached hydrogens (tertiary/aromatic N) is 1. The zero-order valence-corrected chi connectivity index (χ0v) is 37.0. The molecule has 4 saturated carbocycles. The number of fused-ring (bicyclic) bond motifs is 13. The molecule has 9 aromatic carbocycles. The van der Waals surface area contributed by atoms with Crippen molar-refractivity contribution in [2.24, 2.45) is 23.7 Å². The molecule has 0 aromatic heterocycles. The summed E-state index contributed by atoms with van der Waals surface area (Å²) in [6.07, 6.45) is 6.99. The van der Waals surface area contributed by atoms with E-state index in [1.165, 1.54) is 116 Å². The molecular formula is C65H49N. The van der Waals surface area contributed by atoms with E-state index in [1.54, 1.807) is 11.1 Å². The first-order chi connectivity index (χ1) is 32.7. The van der Waals surface area contributed by atoms with Gasteiger partial charge in [-0.3, -0.25) is 0 Å². The van der Waals surface area contributed by atoms with Gasteiger partial charge in [0.15, 0.2) is 0 Å². The average molecular weight is 844 g/mol. The van der Waals surface area contributed by atoms with Crippen molar-refractivity contribution in [3.05, 3.63) is 246 Å². The normalized spacial score (nSPS) is 22.4. The Bertz CT molecular complexity index is 3350. The van der Waals surface area contributed by atoms with Crippen LogP contribution < -0.4 is 4.90 Å². The zero-order valence-electron chi connectivity index (χ0n) is 37.0. The lowest BCUT2D eigenvalue weighted by atomic mass is 9.43. The Morgan fingerprint density at radius 2 is 0.788 bits per heavy atom. The van der Waals surface area contributed by atoms with Gasteiger partial charge in [0.05, 0.1) is 11.1 Å². The minimum Gasteiger partial charge on any atom is -0.310 e. The SMILES string of the molecule is c1ccc(-c2ccc(N(c3ccc4c(c3)C3(c5ccccc5-c5ccccc53)c3ccccc3-4)c3ccccc3-c3cccc4c3-c3ccccc3C43C4CC5CC(C4)CC3C5)cc2)cc1. The molecule has 0 heterocycles. The predicted molar refractivity (Wildman–Crippen MR) is 272 cm³/mol. The fourth-order valence-electron chi connectivity index (χ4n) is 15.4. The summed E-state index contributed by atoms with van der Waals surface area (Å²) < 4.78 is 0. The summed E-state index contributed by atoms with van der Waals surface area (Å²) in [7, 11) is 0. The van der Waals surface area contributed by atoms with Gasteiger partial charge < -0.3 is 4.90 Å². The third-order valence-corrected chi connectivity index (χ3v) is 17.5. The number of hydrogen-bond donors (Lipinski definition) is 0. The predicted octanol–water partition coefficient (Wildman–Crippen LogP) is 16.6. The van der Waals surface area contributed by atoms with Crippen LogP contribution in [0, 0.1) is 23.7 Å². The fourth-order valence-corrected chi connectivity index (χ4v) is 15.4. The molecule has 1 nitrogen and oxygen atoms in total. The van der Waals surface area contributed by atoms with Crippen molar-refractivity contribution in [2.75, 3.05) is 4.90 Å². The quantitative estimate of drug-likeness (QED) is 0.167. The van der Waals surface area contributed by atoms with E-state index in [0.29, 0.717) is 0 Å². The molecule has 4 fully saturated rings. The number of para-hydroxylation sites is 1. The second-order valence-corrected chi connectivity index (χ2v) is 20.3. The molecule has 0 saturated heterocycles. The maximum atomic E-state index is 2.56. The second kappa shape index (κ2) is 13.7. The summed E-state index contributed by atoms with van der Waals surface area (Å²) >= 11 is 0. The highest BCUT2D eigenvalue weighted by atomic mass is 15.1. The lowest BCUT2D eigenvalue weighted by molar-refractivity contribution is -0.0399. The summed E-state index contributed by atoms with van der Waals surface area (Å²) in [6, 6.07) is 81.1. The van der Waals surface area contributed by atoms with E-state index in [1.807, 2.05) is 0 Å². The van der Waals surface area contributed by atoms with Crippen LogP contribution in [0.15, 0.2) is 212 Å². The van der Waals surface area contributed by atoms with Crippen molar-refractivity contribution in [3.8, 4) is 55.6 Å². The van der Waals surface area contributed by atoms with Crippen LogP contribution in [-0.2, 0) is 10.8 Å². The van der Waals surface area contributed by atoms with E-state index in [9.17, 15) is 0 Å². The second-order valence-electron chi connectivity index (χ2n) is 20.3. The molecular weight excluding hydrogens is 795 g/mol. The molecule has 9 aromatic rings. The summed E-state index contributed by atoms with van der Waals surface area (Å²) in [4.78, 5) is 2.56. The van der Waals surface area contributed by atoms with Gasteiger partial charge in [-0.25, -0.2) is 0 Å². The molecule has 1 heteroatoms. The van der Waals surface area contributed by atoms with Gasteiger partial charge in [0, 0.05) is 22.4 Å². The Morgan fingerprint density at radius 1 is 0.318 bits per heavy atom. The van der Waals surface area contributed by atoms with Crippen LogP contribution in [0.25, 0.3) is 55.6 Å². The molecule has 0 unspecified atom stereocenters. The molecule has 0 atom stereocenters. The van der Waals surface area contributed by atoms with E-state index in [2.05, 4.69) is 217 Å². The first-order valence-electron chi connectivity index (χ1n) is 24.4. The van der Waals surface area contributed by atoms with E-state index < -0.39 is 5.41 Å². The Morgan fingerprint density at radius 3 is 1.42 bits per heavy atom. The maximum Gasteiger partial charge on any atom is 0.0726 e. The lowest BCUT2D eigenvalue weighted by Gasteiger charge is -2.61. The van der Waals surface area contributed by atoms with Crippen molar-refractivity contribution < 1.29 is 0 Å². The van der Waals surface area contributed by atoms with Crippen LogP contribution in [0.4, 0.5) is 17.1 Å². The zero-order chi connectivity index (χ0) is 43.1. The van der Waals surface area contributed by atoms with Gasteiger partial charge in [-0.1, -0.05) is 182 Å². The van der Waals surface area contributed by atoms with Gasteiger partial charge in [0.2, 0.25) is 0 Å². The third kappa shape index (κ3) is 4.75. The third-order valence-electron chi connectivity index (χ3n) is 17.5. The van der Waals surface area contributed by atoms with Gasteiger partial charge in [-0.05, 0) is 170 Å². The molecule has 66 heavy (non-hydrogen) atoms. The Kier molecular flexibility index (Phi) is 7.67. The van der Waals surface area contributed by atoms with E-state index in [4.69, 9.17) is 0 Å². The van der Waals surface area contributed by atoms with Crippen molar-refractivity contribution >= 4 is 17.1 Å². The van der Waals surface area contributed by atoms with Crippen molar-refractivity contribution in [3.63, 3.8) is 0 Å². The Labute approximate surface area is 388 Å². The highest BCUT2D eigenvalue weighted by Gasteiger charge is 2.62. The molecule has 0 N–H and O–H groups in total. The summed E-state index contributed by atoms with van der Waals surface area (Å²) in [6.45, 7) is 0. The van der Waals surface area contributed by atoms with E-state index >= 15 is 0 Å². The molecule has 0 amide bonds. The molecule has 16 rings (SSSR count). The highest BCUT2D eigenvalue weighted by molar-refractivity contribution is 6.00. The molecule has 0 radical (unpaired) electrons. The summed E-state index contributed by atoms with van der Waals surface area (Å²) in [5, 5.41) is 0. The molecule has 0 aliphatic heterocycles. The Balaban J connectivity index is 0.969. The average Bonchev–Trinajstić information content (AvgIpc) is 3.96. The van der Waals surface area contributed by atoms with Crippen LogP contribution in [0.5, 0.6) is 0 Å². The first kappa shape index (κ1) is 37.0. The number of rotatable bonds is 5. The maximum absolute atomic E-state index is 2.56. The number of anilines is 3. The van der Waals surface area contributed by atoms with Crippen molar-refractivity contribution in [2.45, 2.75) is 42.9 Å². The van der Waals surface area contributed by atoms with Crippen LogP contribution >= 0.6 is 0 Å². The van der Waals surface area contributed by atoms with E-state index in [-0.39, 0.29) is 5.41 Å². The van der Waals surface area contributed by atoms with Gasteiger partial charge in [-0.2, -0.15) is 0 Å². The molecule has 4 bridgehead atoms. The van der Waals surface area contributed by atoms with E-state index in [0.717, 1.165) is 35.0 Å². The lowest BCUT2D eigenvalue weighted by Crippen LogP contribution is -2.55. The fraction of sp³-hybridized carbons (Fsp3) is 0.169. The van der Waals surface area contributed by atoms with Crippen LogP contribution in [-0.4, -0.2) is 0 Å². The minimum absolute atomic E-state index is 0.106. The topological polar surface area (TPSA) is 3.24 Å².